The Morgan fingerprint density at radius 1 is 0.375 bits per heavy atom. The van der Waals surface area contributed by atoms with Crippen LogP contribution in [0.5, 0.6) is 0 Å². The third-order valence-electron chi connectivity index (χ3n) is 7.37. The summed E-state index contributed by atoms with van der Waals surface area (Å²) < 4.78 is 122. The zero-order valence-corrected chi connectivity index (χ0v) is 19.7. The molecular formula is C34H16N2O4. The van der Waals surface area contributed by atoms with Gasteiger partial charge in [-0.3, -0.25) is 19.2 Å². The molecule has 5 aromatic carbocycles. The van der Waals surface area contributed by atoms with Crippen LogP contribution in [0, 0.1) is 0 Å². The minimum absolute atomic E-state index is 0.269. The molecule has 0 saturated heterocycles. The highest BCUT2D eigenvalue weighted by Crippen LogP contribution is 2.31. The number of benzene rings is 5. The van der Waals surface area contributed by atoms with Gasteiger partial charge in [-0.15, -0.1) is 0 Å². The molecule has 0 bridgehead atoms. The van der Waals surface area contributed by atoms with Gasteiger partial charge in [0.25, 0.3) is 0 Å². The van der Waals surface area contributed by atoms with Crippen LogP contribution in [-0.4, -0.2) is 8.80 Å². The van der Waals surface area contributed by atoms with Crippen LogP contribution in [0.4, 0.5) is 0 Å². The van der Waals surface area contributed by atoms with E-state index in [1.165, 1.54) is 0 Å². The maximum absolute atomic E-state index is 14.4. The minimum Gasteiger partial charge on any atom is -0.307 e. The molecule has 0 spiro atoms. The standard InChI is InChI=1S/C34H16N2O4/c37-31-17-7-1-3-13-25(17)35-27-16-28-24(15-23(27)33(39)21-11-5-9-19(31)29(21)35)34(40)22-12-6-10-20-30(22)36(28)26-14-4-2-8-18(26)32(20)38/h1-16H/i1D,2D,3D,4D,5D,6D,7D,8D,9D,10D,11D,12D,13D,14D. The maximum atomic E-state index is 14.4. The number of rotatable bonds is 0. The molecule has 0 atom stereocenters. The first-order valence-electron chi connectivity index (χ1n) is 18.8. The normalized spacial score (nSPS) is 17.3. The molecule has 4 heterocycles. The molecule has 0 radical (unpaired) electrons. The fraction of sp³-hybridized carbons (Fsp3) is 0. The number of para-hydroxylation sites is 4. The predicted octanol–water partition coefficient (Wildman–Crippen LogP) is 5.43. The van der Waals surface area contributed by atoms with E-state index < -0.39 is 161 Å². The quantitative estimate of drug-likeness (QED) is 0.194. The summed E-state index contributed by atoms with van der Waals surface area (Å²) in [7, 11) is 0. The van der Waals surface area contributed by atoms with E-state index in [9.17, 15) is 19.2 Å². The summed E-state index contributed by atoms with van der Waals surface area (Å²) in [6.45, 7) is 0. The van der Waals surface area contributed by atoms with Crippen molar-refractivity contribution in [3.05, 3.63) is 138 Å². The predicted molar refractivity (Wildman–Crippen MR) is 161 cm³/mol. The zero-order valence-electron chi connectivity index (χ0n) is 33.7. The van der Waals surface area contributed by atoms with Crippen LogP contribution in [0.25, 0.3) is 76.2 Å². The van der Waals surface area contributed by atoms with Crippen LogP contribution in [0.2, 0.25) is 0 Å². The zero-order chi connectivity index (χ0) is 39.0. The van der Waals surface area contributed by atoms with Crippen molar-refractivity contribution in [1.29, 1.82) is 0 Å². The maximum Gasteiger partial charge on any atom is 0.197 e. The van der Waals surface area contributed by atoms with Crippen molar-refractivity contribution >= 4 is 76.2 Å². The van der Waals surface area contributed by atoms with Gasteiger partial charge in [-0.2, -0.15) is 0 Å². The number of aromatic nitrogens is 2. The topological polar surface area (TPSA) is 77.1 Å². The Kier molecular flexibility index (Phi) is 2.13. The summed E-state index contributed by atoms with van der Waals surface area (Å²) in [5.41, 5.74) is -6.61. The molecule has 4 aromatic heterocycles. The lowest BCUT2D eigenvalue weighted by Crippen LogP contribution is -2.16. The second-order valence-electron chi connectivity index (χ2n) is 9.27. The summed E-state index contributed by atoms with van der Waals surface area (Å²) in [5, 5.41) is -4.37. The molecule has 9 rings (SSSR count). The van der Waals surface area contributed by atoms with E-state index in [0.29, 0.717) is 0 Å². The van der Waals surface area contributed by atoms with Crippen LogP contribution in [0.15, 0.2) is 116 Å². The number of fused-ring (bicyclic) bond motifs is 8. The number of pyridine rings is 4. The van der Waals surface area contributed by atoms with Gasteiger partial charge in [0.1, 0.15) is 0 Å². The van der Waals surface area contributed by atoms with Gasteiger partial charge < -0.3 is 8.80 Å². The molecule has 0 aliphatic heterocycles. The van der Waals surface area contributed by atoms with E-state index in [1.807, 2.05) is 0 Å². The van der Waals surface area contributed by atoms with Gasteiger partial charge in [0.15, 0.2) is 21.7 Å². The van der Waals surface area contributed by atoms with Gasteiger partial charge in [0.2, 0.25) is 0 Å². The molecule has 186 valence electrons. The van der Waals surface area contributed by atoms with Gasteiger partial charge in [-0.1, -0.05) is 36.3 Å². The lowest BCUT2D eigenvalue weighted by atomic mass is 9.99. The van der Waals surface area contributed by atoms with Gasteiger partial charge in [-0.25, -0.2) is 0 Å². The van der Waals surface area contributed by atoms with Crippen molar-refractivity contribution < 1.29 is 19.2 Å². The first-order chi connectivity index (χ1) is 25.4. The Morgan fingerprint density at radius 3 is 1.15 bits per heavy atom. The monoisotopic (exact) mass is 530 g/mol. The van der Waals surface area contributed by atoms with Crippen molar-refractivity contribution in [2.75, 3.05) is 0 Å². The van der Waals surface area contributed by atoms with Crippen LogP contribution < -0.4 is 21.7 Å². The summed E-state index contributed by atoms with van der Waals surface area (Å²) in [6.07, 6.45) is 0. The second-order valence-corrected chi connectivity index (χ2v) is 9.27. The highest BCUT2D eigenvalue weighted by molar-refractivity contribution is 6.13. The van der Waals surface area contributed by atoms with Crippen LogP contribution in [-0.2, 0) is 0 Å². The van der Waals surface area contributed by atoms with Gasteiger partial charge in [0.05, 0.1) is 52.3 Å². The average molecular weight is 531 g/mol. The average Bonchev–Trinajstić information content (AvgIpc) is 3.14. The van der Waals surface area contributed by atoms with Crippen molar-refractivity contribution in [3.8, 4) is 0 Å². The molecule has 6 heteroatoms. The molecule has 0 unspecified atom stereocenters. The molecular weight excluding hydrogens is 500 g/mol. The highest BCUT2D eigenvalue weighted by atomic mass is 16.1. The summed E-state index contributed by atoms with van der Waals surface area (Å²) in [6, 6.07) is -8.93. The first-order valence-corrected chi connectivity index (χ1v) is 11.8. The number of hydrogen-bond acceptors (Lipinski definition) is 4. The van der Waals surface area contributed by atoms with Crippen molar-refractivity contribution in [2.24, 2.45) is 0 Å². The van der Waals surface area contributed by atoms with Crippen LogP contribution in [0.1, 0.15) is 19.2 Å². The molecule has 40 heavy (non-hydrogen) atoms. The third-order valence-corrected chi connectivity index (χ3v) is 7.37. The van der Waals surface area contributed by atoms with Crippen LogP contribution >= 0.6 is 0 Å². The summed E-state index contributed by atoms with van der Waals surface area (Å²) in [5.74, 6) is 0. The Morgan fingerprint density at radius 2 is 0.725 bits per heavy atom. The molecule has 9 aromatic rings. The van der Waals surface area contributed by atoms with E-state index in [4.69, 9.17) is 19.2 Å². The summed E-state index contributed by atoms with van der Waals surface area (Å²) in [4.78, 5) is 57.0. The Balaban J connectivity index is 1.76. The van der Waals surface area contributed by atoms with Gasteiger partial charge in [-0.05, 0) is 60.5 Å². The SMILES string of the molecule is [2H]c1c([2H])c([2H])c2c(c1[2H])c(=O)c1c([2H])c([2H])c([2H])c3c(=O)c4cc5c(=O)c6c([2H])c([2H])c([2H])c7c(=O)c8c([2H])c([2H])c([2H])c([2H])c8n(c5cc4n2c31)c67. The van der Waals surface area contributed by atoms with Crippen LogP contribution in [0.3, 0.4) is 0 Å². The summed E-state index contributed by atoms with van der Waals surface area (Å²) >= 11 is 0. The fourth-order valence-corrected chi connectivity index (χ4v) is 5.72. The fourth-order valence-electron chi connectivity index (χ4n) is 5.72. The lowest BCUT2D eigenvalue weighted by Gasteiger charge is -2.17. The van der Waals surface area contributed by atoms with E-state index >= 15 is 0 Å². The first kappa shape index (κ1) is 12.1. The largest absolute Gasteiger partial charge is 0.307 e. The van der Waals surface area contributed by atoms with E-state index in [1.54, 1.807) is 0 Å². The highest BCUT2D eigenvalue weighted by Gasteiger charge is 2.21. The number of hydrogen-bond donors (Lipinski definition) is 0. The second kappa shape index (κ2) is 7.07. The smallest absolute Gasteiger partial charge is 0.197 e. The Bertz CT molecular complexity index is 3410. The molecule has 0 saturated carbocycles. The van der Waals surface area contributed by atoms with Crippen molar-refractivity contribution in [3.63, 3.8) is 0 Å². The minimum atomic E-state index is -1.11. The van der Waals surface area contributed by atoms with Gasteiger partial charge in [0, 0.05) is 43.1 Å². The Hall–Kier alpha value is -5.62. The van der Waals surface area contributed by atoms with Gasteiger partial charge >= 0.3 is 0 Å². The molecule has 0 fully saturated rings. The lowest BCUT2D eigenvalue weighted by molar-refractivity contribution is 1.29. The number of nitrogens with zero attached hydrogens (tertiary/aromatic N) is 2. The molecule has 0 aliphatic carbocycles. The molecule has 0 amide bonds. The van der Waals surface area contributed by atoms with Crippen molar-refractivity contribution in [2.45, 2.75) is 0 Å². The molecule has 0 N–H and O–H groups in total. The molecule has 6 nitrogen and oxygen atoms in total. The third kappa shape index (κ3) is 2.35. The Labute approximate surface area is 242 Å². The van der Waals surface area contributed by atoms with Crippen molar-refractivity contribution in [1.82, 2.24) is 8.80 Å². The molecule has 0 aliphatic rings. The van der Waals surface area contributed by atoms with E-state index in [2.05, 4.69) is 0 Å². The van der Waals surface area contributed by atoms with E-state index in [-0.39, 0.29) is 21.8 Å². The van der Waals surface area contributed by atoms with E-state index in [0.717, 1.165) is 20.9 Å².